The van der Waals surface area contributed by atoms with Gasteiger partial charge in [-0.1, -0.05) is 18.2 Å². The Labute approximate surface area is 183 Å². The van der Waals surface area contributed by atoms with E-state index in [1.54, 1.807) is 13.1 Å². The maximum Gasteiger partial charge on any atom is 0.416 e. The van der Waals surface area contributed by atoms with Crippen LogP contribution in [0.25, 0.3) is 0 Å². The molecule has 7 heteroatoms. The van der Waals surface area contributed by atoms with Gasteiger partial charge in [0, 0.05) is 17.8 Å². The zero-order valence-corrected chi connectivity index (χ0v) is 17.6. The molecule has 32 heavy (non-hydrogen) atoms. The van der Waals surface area contributed by atoms with Crippen LogP contribution in [0.2, 0.25) is 0 Å². The predicted octanol–water partition coefficient (Wildman–Crippen LogP) is 7.18. The molecular weight excluding hydrogens is 425 g/mol. The number of hydrogen-bond donors (Lipinski definition) is 0. The Kier molecular flexibility index (Phi) is 6.47. The van der Waals surface area contributed by atoms with E-state index in [1.807, 2.05) is 18.2 Å². The Morgan fingerprint density at radius 1 is 1.22 bits per heavy atom. The fraction of sp³-hybridized carbons (Fsp3) is 0.400. The smallest absolute Gasteiger partial charge is 0.370 e. The first kappa shape index (κ1) is 22.6. The molecule has 0 aliphatic heterocycles. The van der Waals surface area contributed by atoms with E-state index >= 15 is 0 Å². The summed E-state index contributed by atoms with van der Waals surface area (Å²) in [5, 5.41) is 0. The molecule has 0 saturated carbocycles. The van der Waals surface area contributed by atoms with E-state index in [9.17, 15) is 22.0 Å². The normalized spacial score (nSPS) is 24.1. The van der Waals surface area contributed by atoms with E-state index in [-0.39, 0.29) is 34.9 Å². The molecule has 170 valence electrons. The molecule has 2 aromatic rings. The Hall–Kier alpha value is -2.54. The van der Waals surface area contributed by atoms with Gasteiger partial charge in [-0.15, -0.1) is 0 Å². The quantitative estimate of drug-likeness (QED) is 0.451. The number of fused-ring (bicyclic) bond motifs is 1. The van der Waals surface area contributed by atoms with E-state index in [4.69, 9.17) is 4.74 Å². The maximum absolute atomic E-state index is 13.6. The first-order chi connectivity index (χ1) is 15.3. The minimum absolute atomic E-state index is 0.0340. The van der Waals surface area contributed by atoms with Crippen LogP contribution in [-0.4, -0.2) is 11.1 Å². The summed E-state index contributed by atoms with van der Waals surface area (Å²) >= 11 is 0. The minimum atomic E-state index is -4.57. The number of benzene rings is 1. The highest BCUT2D eigenvalue weighted by Crippen LogP contribution is 2.43. The van der Waals surface area contributed by atoms with Crippen molar-refractivity contribution >= 4 is 0 Å². The van der Waals surface area contributed by atoms with Gasteiger partial charge in [-0.3, -0.25) is 4.98 Å². The van der Waals surface area contributed by atoms with Crippen LogP contribution in [0.4, 0.5) is 22.0 Å². The number of aryl methyl sites for hydroxylation is 1. The van der Waals surface area contributed by atoms with Crippen molar-refractivity contribution in [2.24, 2.45) is 5.92 Å². The zero-order valence-electron chi connectivity index (χ0n) is 17.6. The molecule has 0 radical (unpaired) electrons. The third-order valence-corrected chi connectivity index (χ3v) is 6.23. The molecule has 1 aromatic carbocycles. The van der Waals surface area contributed by atoms with Crippen LogP contribution < -0.4 is 0 Å². The topological polar surface area (TPSA) is 22.1 Å². The van der Waals surface area contributed by atoms with Gasteiger partial charge in [-0.2, -0.15) is 13.2 Å². The molecule has 1 unspecified atom stereocenters. The highest BCUT2D eigenvalue weighted by molar-refractivity contribution is 5.34. The van der Waals surface area contributed by atoms with Crippen LogP contribution in [-0.2, 0) is 24.0 Å². The third-order valence-electron chi connectivity index (χ3n) is 6.23. The largest absolute Gasteiger partial charge is 0.416 e. The van der Waals surface area contributed by atoms with Gasteiger partial charge < -0.3 is 4.74 Å². The number of ether oxygens (including phenoxy) is 1. The number of hydrogen-bond acceptors (Lipinski definition) is 2. The number of pyridine rings is 1. The number of halogens is 5. The minimum Gasteiger partial charge on any atom is -0.370 e. The van der Waals surface area contributed by atoms with Crippen LogP contribution in [0, 0.1) is 5.92 Å². The molecule has 2 nitrogen and oxygen atoms in total. The lowest BCUT2D eigenvalue weighted by molar-refractivity contribution is -0.137. The lowest BCUT2D eigenvalue weighted by Gasteiger charge is -2.38. The highest BCUT2D eigenvalue weighted by atomic mass is 19.4. The summed E-state index contributed by atoms with van der Waals surface area (Å²) in [5.74, 6) is -0.482. The molecule has 2 aliphatic rings. The molecule has 1 heterocycles. The van der Waals surface area contributed by atoms with Crippen LogP contribution in [0.5, 0.6) is 0 Å². The van der Waals surface area contributed by atoms with Crippen LogP contribution in [0.1, 0.15) is 59.7 Å². The van der Waals surface area contributed by atoms with E-state index in [0.29, 0.717) is 12.8 Å². The van der Waals surface area contributed by atoms with Crippen molar-refractivity contribution in [2.75, 3.05) is 0 Å². The molecule has 0 bridgehead atoms. The van der Waals surface area contributed by atoms with Crippen molar-refractivity contribution in [2.45, 2.75) is 57.2 Å². The highest BCUT2D eigenvalue weighted by Gasteiger charge is 2.38. The molecular formula is C25H24F5NO. The molecule has 0 spiro atoms. The summed E-state index contributed by atoms with van der Waals surface area (Å²) in [4.78, 5) is 4.57. The molecule has 4 atom stereocenters. The number of aromatic nitrogens is 1. The summed E-state index contributed by atoms with van der Waals surface area (Å²) in [6.07, 6.45) is 2.81. The Bertz CT molecular complexity index is 1030. The molecule has 0 fully saturated rings. The van der Waals surface area contributed by atoms with E-state index < -0.39 is 24.5 Å². The summed E-state index contributed by atoms with van der Waals surface area (Å²) in [7, 11) is 0. The van der Waals surface area contributed by atoms with Gasteiger partial charge in [-0.05, 0) is 79.1 Å². The standard InChI is InChI=1S/C25H24F5NO/c1-15(19-11-16(14-26)12-20(13-19)25(28,29)30)32-22-9-6-18-3-2-10-31-24(18)23(22)17-4-7-21(27)8-5-17/h2-4,7-8,10-13,15,17,22-23H,5-6,9,14H2,1H3/t15-,17?,22+,23-/m0/s1. The lowest BCUT2D eigenvalue weighted by atomic mass is 9.74. The van der Waals surface area contributed by atoms with Crippen molar-refractivity contribution in [3.8, 4) is 0 Å². The SMILES string of the molecule is C[C@H](O[C@@H]1CCc2cccnc2[C@H]1C1C=CC(F)=CC1)c1cc(CF)cc(C(F)(F)F)c1. The average Bonchev–Trinajstić information content (AvgIpc) is 2.78. The van der Waals surface area contributed by atoms with Crippen LogP contribution in [0.3, 0.4) is 0 Å². The molecule has 0 amide bonds. The van der Waals surface area contributed by atoms with Crippen molar-refractivity contribution in [3.63, 3.8) is 0 Å². The second kappa shape index (κ2) is 9.14. The monoisotopic (exact) mass is 449 g/mol. The number of nitrogens with zero attached hydrogens (tertiary/aromatic N) is 1. The van der Waals surface area contributed by atoms with Gasteiger partial charge in [0.05, 0.1) is 17.8 Å². The number of allylic oxidation sites excluding steroid dienone is 4. The van der Waals surface area contributed by atoms with Crippen LogP contribution >= 0.6 is 0 Å². The molecule has 4 rings (SSSR count). The Balaban J connectivity index is 1.63. The van der Waals surface area contributed by atoms with Gasteiger partial charge in [0.15, 0.2) is 0 Å². The van der Waals surface area contributed by atoms with Gasteiger partial charge in [0.25, 0.3) is 0 Å². The summed E-state index contributed by atoms with van der Waals surface area (Å²) < 4.78 is 73.0. The van der Waals surface area contributed by atoms with E-state index in [0.717, 1.165) is 29.8 Å². The molecule has 1 aromatic heterocycles. The van der Waals surface area contributed by atoms with Gasteiger partial charge in [-0.25, -0.2) is 8.78 Å². The summed E-state index contributed by atoms with van der Waals surface area (Å²) in [5.41, 5.74) is 1.35. The second-order valence-electron chi connectivity index (χ2n) is 8.37. The van der Waals surface area contributed by atoms with Crippen molar-refractivity contribution < 1.29 is 26.7 Å². The second-order valence-corrected chi connectivity index (χ2v) is 8.37. The lowest BCUT2D eigenvalue weighted by Crippen LogP contribution is -2.34. The first-order valence-electron chi connectivity index (χ1n) is 10.7. The van der Waals surface area contributed by atoms with Gasteiger partial charge >= 0.3 is 6.18 Å². The van der Waals surface area contributed by atoms with Gasteiger partial charge in [0.2, 0.25) is 0 Å². The molecule has 0 N–H and O–H groups in total. The van der Waals surface area contributed by atoms with Crippen LogP contribution in [0.15, 0.2) is 60.6 Å². The van der Waals surface area contributed by atoms with E-state index in [2.05, 4.69) is 4.98 Å². The van der Waals surface area contributed by atoms with E-state index in [1.165, 1.54) is 18.2 Å². The molecule has 0 saturated heterocycles. The first-order valence-corrected chi connectivity index (χ1v) is 10.7. The number of alkyl halides is 4. The Morgan fingerprint density at radius 2 is 2.03 bits per heavy atom. The number of rotatable bonds is 5. The van der Waals surface area contributed by atoms with Crippen molar-refractivity contribution in [3.05, 3.63) is 88.5 Å². The summed E-state index contributed by atoms with van der Waals surface area (Å²) in [6, 6.07) is 7.15. The average molecular weight is 449 g/mol. The van der Waals surface area contributed by atoms with Crippen molar-refractivity contribution in [1.29, 1.82) is 0 Å². The zero-order chi connectivity index (χ0) is 22.9. The predicted molar refractivity (Wildman–Crippen MR) is 111 cm³/mol. The van der Waals surface area contributed by atoms with Crippen molar-refractivity contribution in [1.82, 2.24) is 4.98 Å². The summed E-state index contributed by atoms with van der Waals surface area (Å²) in [6.45, 7) is 0.691. The fourth-order valence-corrected chi connectivity index (χ4v) is 4.66. The maximum atomic E-state index is 13.6. The third kappa shape index (κ3) is 4.77. The van der Waals surface area contributed by atoms with Gasteiger partial charge in [0.1, 0.15) is 12.5 Å². The molecule has 2 aliphatic carbocycles. The fourth-order valence-electron chi connectivity index (χ4n) is 4.66. The Morgan fingerprint density at radius 3 is 2.72 bits per heavy atom.